The Labute approximate surface area is 105 Å². The van der Waals surface area contributed by atoms with Gasteiger partial charge in [-0.05, 0) is 37.9 Å². The van der Waals surface area contributed by atoms with Gasteiger partial charge in [-0.3, -0.25) is 9.67 Å². The zero-order valence-electron chi connectivity index (χ0n) is 9.42. The van der Waals surface area contributed by atoms with Crippen molar-refractivity contribution in [3.8, 4) is 0 Å². The highest BCUT2D eigenvalue weighted by Gasteiger charge is 2.34. The van der Waals surface area contributed by atoms with Gasteiger partial charge in [-0.2, -0.15) is 5.10 Å². The van der Waals surface area contributed by atoms with E-state index in [1.54, 1.807) is 0 Å². The van der Waals surface area contributed by atoms with Gasteiger partial charge in [0, 0.05) is 5.92 Å². The van der Waals surface area contributed by atoms with Crippen LogP contribution in [-0.2, 0) is 9.84 Å². The van der Waals surface area contributed by atoms with E-state index in [9.17, 15) is 8.42 Å². The fourth-order valence-corrected chi connectivity index (χ4v) is 4.46. The van der Waals surface area contributed by atoms with E-state index in [0.717, 1.165) is 31.5 Å². The maximum absolute atomic E-state index is 11.7. The first-order valence-electron chi connectivity index (χ1n) is 5.94. The molecular weight excluding hydrogens is 258 g/mol. The molecule has 1 unspecified atom stereocenters. The lowest BCUT2D eigenvalue weighted by Gasteiger charge is -2.24. The minimum Gasteiger partial charge on any atom is -0.300 e. The minimum absolute atomic E-state index is 0.0180. The molecule has 0 bridgehead atoms. The molecule has 5 nitrogen and oxygen atoms in total. The highest BCUT2D eigenvalue weighted by atomic mass is 32.2. The van der Waals surface area contributed by atoms with Crippen LogP contribution >= 0.6 is 12.2 Å². The third-order valence-corrected chi connectivity index (χ3v) is 5.57. The number of rotatable bonds is 2. The molecule has 1 N–H and O–H groups in total. The highest BCUT2D eigenvalue weighted by molar-refractivity contribution is 7.91. The van der Waals surface area contributed by atoms with Crippen LogP contribution in [0.4, 0.5) is 0 Å². The minimum atomic E-state index is -2.91. The van der Waals surface area contributed by atoms with Crippen molar-refractivity contribution in [1.29, 1.82) is 0 Å². The van der Waals surface area contributed by atoms with Crippen LogP contribution in [0.1, 0.15) is 43.5 Å². The van der Waals surface area contributed by atoms with Crippen LogP contribution in [0.3, 0.4) is 0 Å². The molecule has 1 aliphatic heterocycles. The van der Waals surface area contributed by atoms with Crippen molar-refractivity contribution in [3.63, 3.8) is 0 Å². The van der Waals surface area contributed by atoms with Crippen LogP contribution in [0, 0.1) is 4.77 Å². The fraction of sp³-hybridized carbons (Fsp3) is 0.800. The van der Waals surface area contributed by atoms with Gasteiger partial charge >= 0.3 is 0 Å². The summed E-state index contributed by atoms with van der Waals surface area (Å²) in [6.07, 6.45) is 3.88. The fourth-order valence-electron chi connectivity index (χ4n) is 2.50. The third-order valence-electron chi connectivity index (χ3n) is 3.48. The Bertz CT molecular complexity index is 583. The number of hydrogen-bond donors (Lipinski definition) is 1. The lowest BCUT2D eigenvalue weighted by molar-refractivity contribution is 0.453. The Morgan fingerprint density at radius 3 is 2.76 bits per heavy atom. The van der Waals surface area contributed by atoms with Gasteiger partial charge in [-0.1, -0.05) is 0 Å². The average molecular weight is 273 g/mol. The SMILES string of the molecule is O=S1(=O)CCCC(n2c(C3CC3)n[nH]c2=S)C1. The molecule has 0 spiro atoms. The lowest BCUT2D eigenvalue weighted by Crippen LogP contribution is -2.28. The molecule has 17 heavy (non-hydrogen) atoms. The van der Waals surface area contributed by atoms with Crippen LogP contribution < -0.4 is 0 Å². The first-order chi connectivity index (χ1) is 8.07. The molecule has 1 saturated heterocycles. The molecule has 7 heteroatoms. The zero-order valence-corrected chi connectivity index (χ0v) is 11.1. The Kier molecular flexibility index (Phi) is 2.62. The summed E-state index contributed by atoms with van der Waals surface area (Å²) in [5.74, 6) is 1.96. The predicted octanol–water partition coefficient (Wildman–Crippen LogP) is 1.57. The van der Waals surface area contributed by atoms with Crippen molar-refractivity contribution in [1.82, 2.24) is 14.8 Å². The van der Waals surface area contributed by atoms with E-state index in [2.05, 4.69) is 10.2 Å². The molecule has 0 radical (unpaired) electrons. The molecule has 1 aliphatic carbocycles. The second-order valence-electron chi connectivity index (χ2n) is 4.94. The number of H-pyrrole nitrogens is 1. The van der Waals surface area contributed by atoms with Gasteiger partial charge in [0.1, 0.15) is 5.82 Å². The van der Waals surface area contributed by atoms with E-state index in [-0.39, 0.29) is 11.8 Å². The van der Waals surface area contributed by atoms with Crippen LogP contribution in [0.15, 0.2) is 0 Å². The summed E-state index contributed by atoms with van der Waals surface area (Å²) in [6.45, 7) is 0. The molecule has 3 rings (SSSR count). The summed E-state index contributed by atoms with van der Waals surface area (Å²) in [5, 5.41) is 7.06. The number of sulfone groups is 1. The molecule has 2 fully saturated rings. The van der Waals surface area contributed by atoms with Gasteiger partial charge in [0.15, 0.2) is 14.6 Å². The van der Waals surface area contributed by atoms with Gasteiger partial charge in [0.2, 0.25) is 0 Å². The lowest BCUT2D eigenvalue weighted by atomic mass is 10.2. The number of hydrogen-bond acceptors (Lipinski definition) is 4. The van der Waals surface area contributed by atoms with Gasteiger partial charge in [0.05, 0.1) is 17.5 Å². The van der Waals surface area contributed by atoms with E-state index >= 15 is 0 Å². The van der Waals surface area contributed by atoms with Crippen LogP contribution in [0.5, 0.6) is 0 Å². The predicted molar refractivity (Wildman–Crippen MR) is 66.3 cm³/mol. The molecule has 94 valence electrons. The Hall–Kier alpha value is -0.690. The summed E-state index contributed by atoms with van der Waals surface area (Å²) in [6, 6.07) is -0.0180. The second kappa shape index (κ2) is 3.91. The van der Waals surface area contributed by atoms with Gasteiger partial charge in [-0.15, -0.1) is 0 Å². The molecule has 2 aliphatic rings. The zero-order chi connectivity index (χ0) is 12.0. The molecule has 1 aromatic rings. The first-order valence-corrected chi connectivity index (χ1v) is 8.17. The number of nitrogens with zero attached hydrogens (tertiary/aromatic N) is 2. The maximum atomic E-state index is 11.7. The summed E-state index contributed by atoms with van der Waals surface area (Å²) < 4.78 is 25.9. The van der Waals surface area contributed by atoms with E-state index in [4.69, 9.17) is 12.2 Å². The van der Waals surface area contributed by atoms with Crippen LogP contribution in [-0.4, -0.2) is 34.7 Å². The summed E-state index contributed by atoms with van der Waals surface area (Å²) in [7, 11) is -2.91. The molecule has 1 atom stereocenters. The quantitative estimate of drug-likeness (QED) is 0.831. The monoisotopic (exact) mass is 273 g/mol. The van der Waals surface area contributed by atoms with E-state index < -0.39 is 9.84 Å². The van der Waals surface area contributed by atoms with Crippen molar-refractivity contribution < 1.29 is 8.42 Å². The number of aromatic amines is 1. The summed E-state index contributed by atoms with van der Waals surface area (Å²) in [4.78, 5) is 0. The largest absolute Gasteiger partial charge is 0.300 e. The van der Waals surface area contributed by atoms with Crippen molar-refractivity contribution in [2.75, 3.05) is 11.5 Å². The van der Waals surface area contributed by atoms with Gasteiger partial charge < -0.3 is 0 Å². The van der Waals surface area contributed by atoms with Crippen LogP contribution in [0.2, 0.25) is 0 Å². The Balaban J connectivity index is 1.98. The van der Waals surface area contributed by atoms with E-state index in [1.165, 1.54) is 0 Å². The molecule has 0 amide bonds. The summed E-state index contributed by atoms with van der Waals surface area (Å²) >= 11 is 5.23. The molecule has 2 heterocycles. The topological polar surface area (TPSA) is 67.8 Å². The van der Waals surface area contributed by atoms with E-state index in [1.807, 2.05) is 4.57 Å². The third kappa shape index (κ3) is 2.18. The molecule has 1 aromatic heterocycles. The van der Waals surface area contributed by atoms with Crippen molar-refractivity contribution in [3.05, 3.63) is 10.6 Å². The van der Waals surface area contributed by atoms with Crippen LogP contribution in [0.25, 0.3) is 0 Å². The molecule has 1 saturated carbocycles. The maximum Gasteiger partial charge on any atom is 0.195 e. The normalized spacial score (nSPS) is 28.1. The van der Waals surface area contributed by atoms with Gasteiger partial charge in [0.25, 0.3) is 0 Å². The molecule has 0 aromatic carbocycles. The summed E-state index contributed by atoms with van der Waals surface area (Å²) in [5.41, 5.74) is 0. The Morgan fingerprint density at radius 1 is 1.35 bits per heavy atom. The number of nitrogens with one attached hydrogen (secondary N) is 1. The standard InChI is InChI=1S/C10H15N3O2S2/c14-17(15)5-1-2-8(6-17)13-9(7-3-4-7)11-12-10(13)16/h7-8H,1-6H2,(H,12,16). The van der Waals surface area contributed by atoms with Crippen molar-refractivity contribution in [2.45, 2.75) is 37.6 Å². The van der Waals surface area contributed by atoms with E-state index in [0.29, 0.717) is 16.4 Å². The number of aromatic nitrogens is 3. The van der Waals surface area contributed by atoms with Gasteiger partial charge in [-0.25, -0.2) is 8.42 Å². The smallest absolute Gasteiger partial charge is 0.195 e. The second-order valence-corrected chi connectivity index (χ2v) is 7.56. The Morgan fingerprint density at radius 2 is 2.12 bits per heavy atom. The molecular formula is C10H15N3O2S2. The van der Waals surface area contributed by atoms with Crippen molar-refractivity contribution in [2.24, 2.45) is 0 Å². The van der Waals surface area contributed by atoms with Crippen molar-refractivity contribution >= 4 is 22.1 Å². The highest BCUT2D eigenvalue weighted by Crippen LogP contribution is 2.40. The average Bonchev–Trinajstić information content (AvgIpc) is 3.01. The first kappa shape index (κ1) is 11.4.